The van der Waals surface area contributed by atoms with Gasteiger partial charge in [0.2, 0.25) is 10.0 Å². The average Bonchev–Trinajstić information content (AvgIpc) is 2.60. The molecule has 26 heavy (non-hydrogen) atoms. The van der Waals surface area contributed by atoms with E-state index in [1.165, 1.54) is 0 Å². The molecule has 0 aliphatic rings. The predicted octanol–water partition coefficient (Wildman–Crippen LogP) is 3.64. The number of sulfonamides is 1. The van der Waals surface area contributed by atoms with Crippen LogP contribution in [0.15, 0.2) is 53.4 Å². The van der Waals surface area contributed by atoms with Crippen molar-refractivity contribution in [3.8, 4) is 0 Å². The van der Waals surface area contributed by atoms with Crippen molar-refractivity contribution in [1.29, 1.82) is 0 Å². The van der Waals surface area contributed by atoms with Crippen LogP contribution in [0.3, 0.4) is 0 Å². The van der Waals surface area contributed by atoms with Gasteiger partial charge in [-0.3, -0.25) is 0 Å². The standard InChI is InChI=1S/C18H21F3N2O2S/c1-3-23(2)13-15-7-4-6-14(10-15)12-22-26(24,25)17-9-5-8-16(11-17)18(19,20)21/h4-11,22H,3,12-13H2,1-2H3. The number of benzene rings is 2. The van der Waals surface area contributed by atoms with Crippen molar-refractivity contribution in [2.75, 3.05) is 13.6 Å². The second kappa shape index (κ2) is 8.20. The van der Waals surface area contributed by atoms with Gasteiger partial charge in [0, 0.05) is 13.1 Å². The van der Waals surface area contributed by atoms with Crippen LogP contribution in [-0.2, 0) is 29.3 Å². The Labute approximate surface area is 151 Å². The lowest BCUT2D eigenvalue weighted by molar-refractivity contribution is -0.137. The average molecular weight is 386 g/mol. The van der Waals surface area contributed by atoms with Crippen LogP contribution >= 0.6 is 0 Å². The van der Waals surface area contributed by atoms with Gasteiger partial charge in [0.1, 0.15) is 0 Å². The summed E-state index contributed by atoms with van der Waals surface area (Å²) in [6.45, 7) is 3.65. The molecular formula is C18H21F3N2O2S. The van der Waals surface area contributed by atoms with Crippen LogP contribution in [0, 0.1) is 0 Å². The predicted molar refractivity (Wildman–Crippen MR) is 93.9 cm³/mol. The smallest absolute Gasteiger partial charge is 0.302 e. The minimum absolute atomic E-state index is 0.00224. The minimum Gasteiger partial charge on any atom is -0.302 e. The van der Waals surface area contributed by atoms with Crippen LogP contribution in [0.5, 0.6) is 0 Å². The second-order valence-corrected chi connectivity index (χ2v) is 7.77. The monoisotopic (exact) mass is 386 g/mol. The lowest BCUT2D eigenvalue weighted by Gasteiger charge is -2.15. The first kappa shape index (κ1) is 20.4. The van der Waals surface area contributed by atoms with E-state index in [0.29, 0.717) is 6.07 Å². The molecule has 8 heteroatoms. The molecule has 0 aliphatic heterocycles. The molecule has 142 valence electrons. The van der Waals surface area contributed by atoms with Gasteiger partial charge in [0.05, 0.1) is 10.5 Å². The Morgan fingerprint density at radius 1 is 1.04 bits per heavy atom. The molecule has 0 saturated carbocycles. The molecule has 0 unspecified atom stereocenters. The molecule has 2 aromatic rings. The van der Waals surface area contributed by atoms with E-state index >= 15 is 0 Å². The third-order valence-electron chi connectivity index (χ3n) is 3.92. The summed E-state index contributed by atoms with van der Waals surface area (Å²) in [7, 11) is -2.07. The highest BCUT2D eigenvalue weighted by molar-refractivity contribution is 7.89. The molecule has 1 N–H and O–H groups in total. The molecule has 0 atom stereocenters. The van der Waals surface area contributed by atoms with Crippen LogP contribution < -0.4 is 4.72 Å². The van der Waals surface area contributed by atoms with Gasteiger partial charge in [-0.15, -0.1) is 0 Å². The van der Waals surface area contributed by atoms with Crippen molar-refractivity contribution in [2.45, 2.75) is 31.1 Å². The summed E-state index contributed by atoms with van der Waals surface area (Å²) in [5.74, 6) is 0. The van der Waals surface area contributed by atoms with Gasteiger partial charge in [-0.25, -0.2) is 13.1 Å². The Bertz CT molecular complexity index is 852. The normalized spacial score (nSPS) is 12.5. The largest absolute Gasteiger partial charge is 0.416 e. The van der Waals surface area contributed by atoms with E-state index in [1.807, 2.05) is 32.2 Å². The van der Waals surface area contributed by atoms with Crippen molar-refractivity contribution in [1.82, 2.24) is 9.62 Å². The molecule has 0 heterocycles. The molecule has 0 bridgehead atoms. The Hall–Kier alpha value is -1.90. The lowest BCUT2D eigenvalue weighted by atomic mass is 10.1. The van der Waals surface area contributed by atoms with E-state index in [0.717, 1.165) is 42.4 Å². The molecule has 0 saturated heterocycles. The summed E-state index contributed by atoms with van der Waals surface area (Å²) in [4.78, 5) is 1.69. The number of nitrogens with one attached hydrogen (secondary N) is 1. The van der Waals surface area contributed by atoms with E-state index in [9.17, 15) is 21.6 Å². The highest BCUT2D eigenvalue weighted by Gasteiger charge is 2.31. The maximum atomic E-state index is 12.8. The number of alkyl halides is 3. The van der Waals surface area contributed by atoms with E-state index in [-0.39, 0.29) is 6.54 Å². The molecule has 2 rings (SSSR count). The van der Waals surface area contributed by atoms with Gasteiger partial charge in [0.15, 0.2) is 0 Å². The Kier molecular flexibility index (Phi) is 6.44. The molecule has 0 amide bonds. The molecule has 0 aromatic heterocycles. The van der Waals surface area contributed by atoms with E-state index in [4.69, 9.17) is 0 Å². The minimum atomic E-state index is -4.59. The zero-order valence-electron chi connectivity index (χ0n) is 14.5. The summed E-state index contributed by atoms with van der Waals surface area (Å²) in [5, 5.41) is 0. The maximum Gasteiger partial charge on any atom is 0.416 e. The van der Waals surface area contributed by atoms with Crippen LogP contribution in [0.1, 0.15) is 23.6 Å². The first-order chi connectivity index (χ1) is 12.1. The molecule has 0 aliphatic carbocycles. The van der Waals surface area contributed by atoms with Crippen molar-refractivity contribution < 1.29 is 21.6 Å². The third kappa shape index (κ3) is 5.55. The van der Waals surface area contributed by atoms with Gasteiger partial charge in [-0.1, -0.05) is 37.3 Å². The van der Waals surface area contributed by atoms with Gasteiger partial charge < -0.3 is 4.90 Å². The molecule has 0 radical (unpaired) electrons. The summed E-state index contributed by atoms with van der Waals surface area (Å²) < 4.78 is 65.3. The number of nitrogens with zero attached hydrogens (tertiary/aromatic N) is 1. The Morgan fingerprint density at radius 2 is 1.69 bits per heavy atom. The van der Waals surface area contributed by atoms with Crippen LogP contribution in [0.4, 0.5) is 13.2 Å². The van der Waals surface area contributed by atoms with Gasteiger partial charge in [0.25, 0.3) is 0 Å². The van der Waals surface area contributed by atoms with E-state index < -0.39 is 26.7 Å². The molecule has 0 spiro atoms. The molecule has 0 fully saturated rings. The van der Waals surface area contributed by atoms with Crippen molar-refractivity contribution in [2.24, 2.45) is 0 Å². The first-order valence-electron chi connectivity index (χ1n) is 8.05. The van der Waals surface area contributed by atoms with Gasteiger partial charge in [-0.2, -0.15) is 13.2 Å². The molecular weight excluding hydrogens is 365 g/mol. The van der Waals surface area contributed by atoms with Crippen molar-refractivity contribution in [3.05, 3.63) is 65.2 Å². The topological polar surface area (TPSA) is 49.4 Å². The Morgan fingerprint density at radius 3 is 2.35 bits per heavy atom. The SMILES string of the molecule is CCN(C)Cc1cccc(CNS(=O)(=O)c2cccc(C(F)(F)F)c2)c1. The quantitative estimate of drug-likeness (QED) is 0.791. The summed E-state index contributed by atoms with van der Waals surface area (Å²) >= 11 is 0. The second-order valence-electron chi connectivity index (χ2n) is 6.00. The molecule has 2 aromatic carbocycles. The highest BCUT2D eigenvalue weighted by atomic mass is 32.2. The lowest BCUT2D eigenvalue weighted by Crippen LogP contribution is -2.24. The number of hydrogen-bond donors (Lipinski definition) is 1. The zero-order chi connectivity index (χ0) is 19.4. The van der Waals surface area contributed by atoms with Crippen LogP contribution in [-0.4, -0.2) is 26.9 Å². The summed E-state index contributed by atoms with van der Waals surface area (Å²) in [6, 6.07) is 11.1. The van der Waals surface area contributed by atoms with Crippen molar-refractivity contribution >= 4 is 10.0 Å². The number of hydrogen-bond acceptors (Lipinski definition) is 3. The van der Waals surface area contributed by atoms with Crippen LogP contribution in [0.2, 0.25) is 0 Å². The zero-order valence-corrected chi connectivity index (χ0v) is 15.4. The fourth-order valence-electron chi connectivity index (χ4n) is 2.36. The summed E-state index contributed by atoms with van der Waals surface area (Å²) in [5.41, 5.74) is 0.776. The van der Waals surface area contributed by atoms with Crippen molar-refractivity contribution in [3.63, 3.8) is 0 Å². The fourth-order valence-corrected chi connectivity index (χ4v) is 3.43. The van der Waals surface area contributed by atoms with E-state index in [2.05, 4.69) is 9.62 Å². The summed E-state index contributed by atoms with van der Waals surface area (Å²) in [6.07, 6.45) is -4.59. The van der Waals surface area contributed by atoms with Gasteiger partial charge in [-0.05, 0) is 42.9 Å². The number of rotatable bonds is 7. The Balaban J connectivity index is 2.12. The maximum absolute atomic E-state index is 12.8. The molecule has 4 nitrogen and oxygen atoms in total. The number of halogens is 3. The third-order valence-corrected chi connectivity index (χ3v) is 5.32. The fraction of sp³-hybridized carbons (Fsp3) is 0.333. The van der Waals surface area contributed by atoms with Crippen LogP contribution in [0.25, 0.3) is 0 Å². The highest BCUT2D eigenvalue weighted by Crippen LogP contribution is 2.30. The van der Waals surface area contributed by atoms with Gasteiger partial charge >= 0.3 is 6.18 Å². The van der Waals surface area contributed by atoms with E-state index in [1.54, 1.807) is 6.07 Å². The first-order valence-corrected chi connectivity index (χ1v) is 9.53.